The van der Waals surface area contributed by atoms with E-state index in [0.29, 0.717) is 21.6 Å². The van der Waals surface area contributed by atoms with Gasteiger partial charge in [0.1, 0.15) is 5.75 Å². The number of nitro groups is 1. The summed E-state index contributed by atoms with van der Waals surface area (Å²) in [6.45, 7) is -0.0381. The monoisotopic (exact) mass is 378 g/mol. The molecule has 2 heterocycles. The molecule has 1 N–H and O–H groups in total. The van der Waals surface area contributed by atoms with Crippen LogP contribution in [0.25, 0.3) is 0 Å². The molecule has 1 aliphatic rings. The van der Waals surface area contributed by atoms with Crippen molar-refractivity contribution in [3.8, 4) is 5.75 Å². The third kappa shape index (κ3) is 2.95. The molecule has 3 rings (SSSR count). The lowest BCUT2D eigenvalue weighted by atomic mass is 10.2. The Labute approximate surface area is 139 Å². The molecule has 1 aliphatic heterocycles. The van der Waals surface area contributed by atoms with Crippen LogP contribution in [0.1, 0.15) is 0 Å². The van der Waals surface area contributed by atoms with Crippen LogP contribution in [0, 0.1) is 10.1 Å². The van der Waals surface area contributed by atoms with E-state index < -0.39 is 4.92 Å². The first kappa shape index (κ1) is 15.2. The molecule has 23 heavy (non-hydrogen) atoms. The normalized spacial score (nSPS) is 13.3. The van der Waals surface area contributed by atoms with Crippen LogP contribution in [0.3, 0.4) is 0 Å². The molecule has 0 atom stereocenters. The van der Waals surface area contributed by atoms with Gasteiger partial charge in [-0.3, -0.25) is 14.9 Å². The minimum absolute atomic E-state index is 0.0381. The number of rotatable bonds is 3. The maximum atomic E-state index is 11.6. The number of nitrogens with one attached hydrogen (secondary N) is 1. The minimum atomic E-state index is -0.512. The Morgan fingerprint density at radius 2 is 2.22 bits per heavy atom. The highest BCUT2D eigenvalue weighted by molar-refractivity contribution is 9.10. The van der Waals surface area contributed by atoms with Crippen molar-refractivity contribution < 1.29 is 14.5 Å². The van der Waals surface area contributed by atoms with E-state index in [1.165, 1.54) is 17.2 Å². The number of fused-ring (bicyclic) bond motifs is 1. The number of carbonyl (C=O) groups is 1. The third-order valence-corrected chi connectivity index (χ3v) is 3.77. The van der Waals surface area contributed by atoms with Gasteiger partial charge in [-0.25, -0.2) is 4.98 Å². The smallest absolute Gasteiger partial charge is 0.312 e. The van der Waals surface area contributed by atoms with Gasteiger partial charge in [-0.1, -0.05) is 0 Å². The fourth-order valence-corrected chi connectivity index (χ4v) is 2.48. The molecule has 2 aromatic rings. The molecular formula is C14H11BrN4O4. The van der Waals surface area contributed by atoms with Gasteiger partial charge >= 0.3 is 5.69 Å². The first-order valence-electron chi connectivity index (χ1n) is 6.56. The molecular weight excluding hydrogens is 368 g/mol. The number of pyridine rings is 1. The molecule has 9 heteroatoms. The van der Waals surface area contributed by atoms with Gasteiger partial charge in [0.05, 0.1) is 10.6 Å². The summed E-state index contributed by atoms with van der Waals surface area (Å²) in [7, 11) is 1.66. The van der Waals surface area contributed by atoms with Gasteiger partial charge < -0.3 is 15.0 Å². The molecule has 0 unspecified atom stereocenters. The average molecular weight is 379 g/mol. The highest BCUT2D eigenvalue weighted by Crippen LogP contribution is 2.35. The molecule has 0 fully saturated rings. The van der Waals surface area contributed by atoms with E-state index in [0.717, 1.165) is 0 Å². The first-order chi connectivity index (χ1) is 11.0. The number of amides is 1. The molecule has 1 aromatic heterocycles. The van der Waals surface area contributed by atoms with Crippen LogP contribution in [0.15, 0.2) is 34.9 Å². The second kappa shape index (κ2) is 5.84. The number of benzene rings is 1. The highest BCUT2D eigenvalue weighted by atomic mass is 79.9. The van der Waals surface area contributed by atoms with Crippen molar-refractivity contribution in [3.05, 3.63) is 45.0 Å². The zero-order valence-electron chi connectivity index (χ0n) is 11.9. The molecule has 1 amide bonds. The number of ether oxygens (including phenoxy) is 1. The van der Waals surface area contributed by atoms with Crippen molar-refractivity contribution in [1.82, 2.24) is 4.98 Å². The Hall–Kier alpha value is -2.68. The number of aromatic nitrogens is 1. The number of nitrogens with zero attached hydrogens (tertiary/aromatic N) is 3. The lowest BCUT2D eigenvalue weighted by molar-refractivity contribution is -0.384. The molecule has 1 aromatic carbocycles. The summed E-state index contributed by atoms with van der Waals surface area (Å²) in [4.78, 5) is 27.7. The maximum absolute atomic E-state index is 11.6. The predicted molar refractivity (Wildman–Crippen MR) is 87.2 cm³/mol. The summed E-state index contributed by atoms with van der Waals surface area (Å²) < 4.78 is 5.91. The van der Waals surface area contributed by atoms with Crippen LogP contribution in [-0.4, -0.2) is 29.5 Å². The van der Waals surface area contributed by atoms with Crippen LogP contribution < -0.4 is 15.0 Å². The van der Waals surface area contributed by atoms with E-state index in [2.05, 4.69) is 26.2 Å². The van der Waals surface area contributed by atoms with Gasteiger partial charge in [0, 0.05) is 35.5 Å². The zero-order chi connectivity index (χ0) is 16.6. The SMILES string of the molecule is CN1C(=O)COc2cc(Nc3ncc(Br)cc3[N+](=O)[O-])ccc21. The zero-order valence-corrected chi connectivity index (χ0v) is 13.5. The molecule has 118 valence electrons. The standard InChI is InChI=1S/C14H11BrN4O4/c1-18-10-3-2-9(5-12(10)23-7-13(18)20)17-14-11(19(21)22)4-8(15)6-16-14/h2-6H,7H2,1H3,(H,16,17). The number of anilines is 3. The Bertz CT molecular complexity index is 811. The van der Waals surface area contributed by atoms with Crippen LogP contribution in [0.2, 0.25) is 0 Å². The van der Waals surface area contributed by atoms with Gasteiger partial charge in [0.2, 0.25) is 5.82 Å². The van der Waals surface area contributed by atoms with E-state index in [1.54, 1.807) is 25.2 Å². The lowest BCUT2D eigenvalue weighted by Gasteiger charge is -2.26. The van der Waals surface area contributed by atoms with Crippen molar-refractivity contribution in [1.29, 1.82) is 0 Å². The lowest BCUT2D eigenvalue weighted by Crippen LogP contribution is -2.35. The topological polar surface area (TPSA) is 97.6 Å². The van der Waals surface area contributed by atoms with Crippen LogP contribution >= 0.6 is 15.9 Å². The Morgan fingerprint density at radius 1 is 1.43 bits per heavy atom. The van der Waals surface area contributed by atoms with E-state index in [4.69, 9.17) is 4.74 Å². The summed E-state index contributed by atoms with van der Waals surface area (Å²) in [6.07, 6.45) is 1.47. The highest BCUT2D eigenvalue weighted by Gasteiger charge is 2.23. The molecule has 0 radical (unpaired) electrons. The van der Waals surface area contributed by atoms with Crippen molar-refractivity contribution in [2.45, 2.75) is 0 Å². The van der Waals surface area contributed by atoms with Crippen molar-refractivity contribution >= 4 is 44.7 Å². The fraction of sp³-hybridized carbons (Fsp3) is 0.143. The van der Waals surface area contributed by atoms with E-state index >= 15 is 0 Å². The second-order valence-corrected chi connectivity index (χ2v) is 5.74. The number of carbonyl (C=O) groups excluding carboxylic acids is 1. The van der Waals surface area contributed by atoms with Gasteiger partial charge in [0.25, 0.3) is 5.91 Å². The van der Waals surface area contributed by atoms with E-state index in [9.17, 15) is 14.9 Å². The maximum Gasteiger partial charge on any atom is 0.312 e. The van der Waals surface area contributed by atoms with Gasteiger partial charge in [-0.05, 0) is 28.1 Å². The Balaban J connectivity index is 1.93. The number of halogens is 1. The summed E-state index contributed by atoms with van der Waals surface area (Å²) >= 11 is 3.16. The number of hydrogen-bond donors (Lipinski definition) is 1. The molecule has 0 aliphatic carbocycles. The van der Waals surface area contributed by atoms with E-state index in [-0.39, 0.29) is 24.0 Å². The quantitative estimate of drug-likeness (QED) is 0.651. The van der Waals surface area contributed by atoms with Crippen LogP contribution in [0.4, 0.5) is 22.9 Å². The van der Waals surface area contributed by atoms with Gasteiger partial charge in [-0.15, -0.1) is 0 Å². The third-order valence-electron chi connectivity index (χ3n) is 3.34. The Kier molecular flexibility index (Phi) is 3.87. The molecule has 0 bridgehead atoms. The van der Waals surface area contributed by atoms with Crippen molar-refractivity contribution in [2.75, 3.05) is 23.9 Å². The van der Waals surface area contributed by atoms with Crippen molar-refractivity contribution in [3.63, 3.8) is 0 Å². The average Bonchev–Trinajstić information content (AvgIpc) is 2.52. The summed E-state index contributed by atoms with van der Waals surface area (Å²) in [6, 6.07) is 6.45. The fourth-order valence-electron chi connectivity index (χ4n) is 2.16. The molecule has 0 spiro atoms. The van der Waals surface area contributed by atoms with Gasteiger partial charge in [0.15, 0.2) is 6.61 Å². The molecule has 0 saturated heterocycles. The van der Waals surface area contributed by atoms with Crippen molar-refractivity contribution in [2.24, 2.45) is 0 Å². The minimum Gasteiger partial charge on any atom is -0.481 e. The largest absolute Gasteiger partial charge is 0.481 e. The molecule has 0 saturated carbocycles. The summed E-state index contributed by atoms with van der Waals surface area (Å²) in [5, 5.41) is 14.0. The summed E-state index contributed by atoms with van der Waals surface area (Å²) in [5.74, 6) is 0.513. The van der Waals surface area contributed by atoms with Crippen LogP contribution in [0.5, 0.6) is 5.75 Å². The van der Waals surface area contributed by atoms with E-state index in [1.807, 2.05) is 0 Å². The van der Waals surface area contributed by atoms with Crippen LogP contribution in [-0.2, 0) is 4.79 Å². The predicted octanol–water partition coefficient (Wildman–Crippen LogP) is 2.85. The Morgan fingerprint density at radius 3 is 2.96 bits per heavy atom. The second-order valence-electron chi connectivity index (χ2n) is 4.83. The number of likely N-dealkylation sites (N-methyl/N-ethyl adjacent to an activating group) is 1. The van der Waals surface area contributed by atoms with Gasteiger partial charge in [-0.2, -0.15) is 0 Å². The first-order valence-corrected chi connectivity index (χ1v) is 7.35. The molecule has 8 nitrogen and oxygen atoms in total. The summed E-state index contributed by atoms with van der Waals surface area (Å²) in [5.41, 5.74) is 1.07. The number of hydrogen-bond acceptors (Lipinski definition) is 6.